The van der Waals surface area contributed by atoms with Crippen LogP contribution < -0.4 is 4.90 Å². The lowest BCUT2D eigenvalue weighted by Crippen LogP contribution is -2.38. The van der Waals surface area contributed by atoms with Crippen molar-refractivity contribution in [1.82, 2.24) is 4.90 Å². The number of fused-ring (bicyclic) bond motifs is 2. The zero-order valence-corrected chi connectivity index (χ0v) is 19.5. The molecule has 1 atom stereocenters. The van der Waals surface area contributed by atoms with E-state index in [1.807, 2.05) is 25.7 Å². The Morgan fingerprint density at radius 3 is 2.69 bits per heavy atom. The van der Waals surface area contributed by atoms with Gasteiger partial charge in [-0.25, -0.2) is 4.79 Å². The molecule has 3 aliphatic rings. The summed E-state index contributed by atoms with van der Waals surface area (Å²) >= 11 is 3.97. The molecule has 0 aromatic heterocycles. The smallest absolute Gasteiger partial charge is 0.410 e. The molecule has 0 aliphatic carbocycles. The van der Waals surface area contributed by atoms with Crippen LogP contribution in [0.4, 0.5) is 10.5 Å². The lowest BCUT2D eigenvalue weighted by atomic mass is 9.93. The van der Waals surface area contributed by atoms with Crippen LogP contribution in [0.2, 0.25) is 0 Å². The third kappa shape index (κ3) is 4.74. The van der Waals surface area contributed by atoms with Crippen molar-refractivity contribution in [1.29, 1.82) is 0 Å². The first-order valence-electron chi connectivity index (χ1n) is 11.0. The Morgan fingerprint density at radius 1 is 1.17 bits per heavy atom. The Hall–Kier alpha value is -1.27. The summed E-state index contributed by atoms with van der Waals surface area (Å²) in [6.07, 6.45) is 6.55. The molecular weight excluding hydrogens is 432 g/mol. The molecule has 3 aliphatic heterocycles. The highest BCUT2D eigenvalue weighted by Gasteiger charge is 2.30. The van der Waals surface area contributed by atoms with Crippen molar-refractivity contribution in [3.63, 3.8) is 0 Å². The van der Waals surface area contributed by atoms with Gasteiger partial charge in [0.1, 0.15) is 5.60 Å². The fraction of sp³-hybridized carbons (Fsp3) is 0.696. The number of ether oxygens (including phenoxy) is 2. The number of carbonyl (C=O) groups is 1. The quantitative estimate of drug-likeness (QED) is 0.634. The molecule has 1 amide bonds. The fourth-order valence-electron chi connectivity index (χ4n) is 4.73. The van der Waals surface area contributed by atoms with E-state index in [9.17, 15) is 4.79 Å². The van der Waals surface area contributed by atoms with E-state index in [0.717, 1.165) is 39.0 Å². The predicted molar refractivity (Wildman–Crippen MR) is 119 cm³/mol. The van der Waals surface area contributed by atoms with E-state index >= 15 is 0 Å². The molecule has 1 fully saturated rings. The van der Waals surface area contributed by atoms with Crippen LogP contribution >= 0.6 is 15.9 Å². The van der Waals surface area contributed by atoms with Crippen molar-refractivity contribution >= 4 is 27.7 Å². The van der Waals surface area contributed by atoms with Crippen LogP contribution in [-0.2, 0) is 28.7 Å². The minimum absolute atomic E-state index is 0.203. The fourth-order valence-corrected chi connectivity index (χ4v) is 5.69. The summed E-state index contributed by atoms with van der Waals surface area (Å²) in [5.74, 6) is 0. The maximum atomic E-state index is 12.6. The van der Waals surface area contributed by atoms with Gasteiger partial charge in [-0.2, -0.15) is 0 Å². The number of hydrogen-bond donors (Lipinski definition) is 0. The number of nitrogens with zero attached hydrogens (tertiary/aromatic N) is 2. The maximum absolute atomic E-state index is 12.6. The number of aryl methyl sites for hydroxylation is 1. The van der Waals surface area contributed by atoms with Gasteiger partial charge in [-0.3, -0.25) is 0 Å². The molecule has 0 unspecified atom stereocenters. The van der Waals surface area contributed by atoms with Crippen LogP contribution in [0.1, 0.15) is 56.7 Å². The topological polar surface area (TPSA) is 42.0 Å². The van der Waals surface area contributed by atoms with Gasteiger partial charge < -0.3 is 19.3 Å². The summed E-state index contributed by atoms with van der Waals surface area (Å²) in [6.45, 7) is 10.2. The number of amides is 1. The molecular formula is C23H33BrN2O3. The van der Waals surface area contributed by atoms with Crippen LogP contribution in [0.5, 0.6) is 0 Å². The molecule has 0 bridgehead atoms. The Morgan fingerprint density at radius 2 is 1.97 bits per heavy atom. The molecule has 0 radical (unpaired) electrons. The molecule has 0 N–H and O–H groups in total. The molecule has 6 heteroatoms. The second kappa shape index (κ2) is 8.46. The van der Waals surface area contributed by atoms with Crippen molar-refractivity contribution in [3.8, 4) is 0 Å². The third-order valence-corrected chi connectivity index (χ3v) is 6.94. The van der Waals surface area contributed by atoms with E-state index in [-0.39, 0.29) is 6.09 Å². The molecule has 29 heavy (non-hydrogen) atoms. The molecule has 1 aromatic rings. The minimum Gasteiger partial charge on any atom is -0.444 e. The molecule has 4 rings (SSSR count). The number of hydrogen-bond acceptors (Lipinski definition) is 4. The number of rotatable bonds is 2. The normalized spacial score (nSPS) is 22.1. The third-order valence-electron chi connectivity index (χ3n) is 6.09. The van der Waals surface area contributed by atoms with Gasteiger partial charge in [-0.05, 0) is 91.9 Å². The zero-order valence-electron chi connectivity index (χ0n) is 17.9. The Bertz CT molecular complexity index is 768. The van der Waals surface area contributed by atoms with Gasteiger partial charge in [0.25, 0.3) is 0 Å². The predicted octanol–water partition coefficient (Wildman–Crippen LogP) is 4.72. The van der Waals surface area contributed by atoms with Crippen molar-refractivity contribution in [2.45, 2.75) is 71.0 Å². The first-order chi connectivity index (χ1) is 13.8. The van der Waals surface area contributed by atoms with Gasteiger partial charge >= 0.3 is 6.09 Å². The summed E-state index contributed by atoms with van der Waals surface area (Å²) in [6, 6.07) is 2.40. The monoisotopic (exact) mass is 464 g/mol. The van der Waals surface area contributed by atoms with Crippen LogP contribution in [0, 0.1) is 0 Å². The van der Waals surface area contributed by atoms with Crippen molar-refractivity contribution in [2.75, 3.05) is 37.7 Å². The SMILES string of the molecule is CC(C)(C)OC(=O)N1CCc2cc3c(c(Br)c2CC1)N(C[C@@H]1CCCO1)CCC3. The van der Waals surface area contributed by atoms with E-state index < -0.39 is 5.60 Å². The number of carbonyl (C=O) groups excluding carboxylic acids is 1. The Kier molecular flexibility index (Phi) is 6.12. The number of halogens is 1. The van der Waals surface area contributed by atoms with Gasteiger partial charge in [0.05, 0.1) is 11.8 Å². The summed E-state index contributed by atoms with van der Waals surface area (Å²) in [5, 5.41) is 0. The summed E-state index contributed by atoms with van der Waals surface area (Å²) in [7, 11) is 0. The van der Waals surface area contributed by atoms with Crippen LogP contribution in [-0.4, -0.2) is 55.5 Å². The second-order valence-electron chi connectivity index (χ2n) is 9.49. The zero-order chi connectivity index (χ0) is 20.6. The van der Waals surface area contributed by atoms with Crippen LogP contribution in [0.3, 0.4) is 0 Å². The van der Waals surface area contributed by atoms with Crippen molar-refractivity contribution in [2.24, 2.45) is 0 Å². The largest absolute Gasteiger partial charge is 0.444 e. The van der Waals surface area contributed by atoms with Gasteiger partial charge in [0.2, 0.25) is 0 Å². The first-order valence-corrected chi connectivity index (χ1v) is 11.8. The highest BCUT2D eigenvalue weighted by molar-refractivity contribution is 9.10. The Labute approximate surface area is 182 Å². The van der Waals surface area contributed by atoms with Crippen LogP contribution in [0.25, 0.3) is 0 Å². The maximum Gasteiger partial charge on any atom is 0.410 e. The summed E-state index contributed by atoms with van der Waals surface area (Å²) in [4.78, 5) is 17.0. The van der Waals surface area contributed by atoms with Gasteiger partial charge in [-0.1, -0.05) is 6.07 Å². The molecule has 5 nitrogen and oxygen atoms in total. The molecule has 0 spiro atoms. The van der Waals surface area contributed by atoms with Crippen molar-refractivity contribution in [3.05, 3.63) is 27.2 Å². The lowest BCUT2D eigenvalue weighted by Gasteiger charge is -2.35. The first kappa shape index (κ1) is 21.0. The van der Waals surface area contributed by atoms with E-state index in [2.05, 4.69) is 26.9 Å². The lowest BCUT2D eigenvalue weighted by molar-refractivity contribution is 0.0258. The van der Waals surface area contributed by atoms with Gasteiger partial charge in [0, 0.05) is 37.3 Å². The number of benzene rings is 1. The average molecular weight is 465 g/mol. The Balaban J connectivity index is 1.55. The molecule has 0 saturated carbocycles. The van der Waals surface area contributed by atoms with E-state index in [0.29, 0.717) is 19.2 Å². The molecule has 1 aromatic carbocycles. The highest BCUT2D eigenvalue weighted by atomic mass is 79.9. The second-order valence-corrected chi connectivity index (χ2v) is 10.3. The molecule has 1 saturated heterocycles. The minimum atomic E-state index is -0.460. The summed E-state index contributed by atoms with van der Waals surface area (Å²) in [5.41, 5.74) is 5.06. The van der Waals surface area contributed by atoms with Crippen LogP contribution in [0.15, 0.2) is 10.5 Å². The molecule has 160 valence electrons. The average Bonchev–Trinajstić information content (AvgIpc) is 3.05. The van der Waals surface area contributed by atoms with Crippen molar-refractivity contribution < 1.29 is 14.3 Å². The highest BCUT2D eigenvalue weighted by Crippen LogP contribution is 2.40. The van der Waals surface area contributed by atoms with E-state index in [4.69, 9.17) is 9.47 Å². The summed E-state index contributed by atoms with van der Waals surface area (Å²) < 4.78 is 12.7. The van der Waals surface area contributed by atoms with Gasteiger partial charge in [0.15, 0.2) is 0 Å². The standard InChI is InChI=1S/C23H33BrN2O3/c1-23(2,3)29-22(27)25-11-8-16-14-17-6-4-10-26(15-18-7-5-13-28-18)21(17)20(24)19(16)9-12-25/h14,18H,4-13,15H2,1-3H3/t18-/m0/s1. The number of anilines is 1. The van der Waals surface area contributed by atoms with Gasteiger partial charge in [-0.15, -0.1) is 0 Å². The van der Waals surface area contributed by atoms with E-state index in [1.54, 1.807) is 0 Å². The molecule has 3 heterocycles. The van der Waals surface area contributed by atoms with E-state index in [1.165, 1.54) is 46.1 Å².